The fourth-order valence-corrected chi connectivity index (χ4v) is 4.42. The van der Waals surface area contributed by atoms with Crippen molar-refractivity contribution in [3.63, 3.8) is 0 Å². The minimum atomic E-state index is -0.333. The van der Waals surface area contributed by atoms with E-state index in [2.05, 4.69) is 37.8 Å². The molecule has 0 aliphatic carbocycles. The van der Waals surface area contributed by atoms with Gasteiger partial charge in [0.05, 0.1) is 0 Å². The maximum atomic E-state index is 13.3. The molecular formula is C29H32ClFN2O2. The number of benzene rings is 3. The Kier molecular flexibility index (Phi) is 7.78. The summed E-state index contributed by atoms with van der Waals surface area (Å²) in [5, 5.41) is 0.438. The molecule has 4 rings (SSSR count). The highest BCUT2D eigenvalue weighted by Gasteiger charge is 2.23. The highest BCUT2D eigenvalue weighted by atomic mass is 35.5. The van der Waals surface area contributed by atoms with Gasteiger partial charge in [-0.15, -0.1) is 0 Å². The van der Waals surface area contributed by atoms with Gasteiger partial charge in [0.15, 0.2) is 0 Å². The number of piperazine rings is 1. The first-order valence-electron chi connectivity index (χ1n) is 12.0. The number of carbonyl (C=O) groups is 1. The molecule has 1 fully saturated rings. The van der Waals surface area contributed by atoms with E-state index in [0.29, 0.717) is 36.8 Å². The first-order chi connectivity index (χ1) is 16.7. The van der Waals surface area contributed by atoms with Crippen molar-refractivity contribution in [1.29, 1.82) is 0 Å². The third-order valence-corrected chi connectivity index (χ3v) is 6.72. The van der Waals surface area contributed by atoms with Gasteiger partial charge in [-0.2, -0.15) is 0 Å². The quantitative estimate of drug-likeness (QED) is 0.402. The van der Waals surface area contributed by atoms with Gasteiger partial charge < -0.3 is 9.64 Å². The Balaban J connectivity index is 1.31. The summed E-state index contributed by atoms with van der Waals surface area (Å²) in [4.78, 5) is 17.2. The molecule has 6 heteroatoms. The fraction of sp³-hybridized carbons (Fsp3) is 0.345. The maximum Gasteiger partial charge on any atom is 0.253 e. The molecular weight excluding hydrogens is 463 g/mol. The summed E-state index contributed by atoms with van der Waals surface area (Å²) in [6, 6.07) is 20.3. The van der Waals surface area contributed by atoms with Crippen LogP contribution in [0, 0.1) is 5.82 Å². The summed E-state index contributed by atoms with van der Waals surface area (Å²) in [5.41, 5.74) is 3.89. The molecule has 184 valence electrons. The van der Waals surface area contributed by atoms with Gasteiger partial charge in [0.25, 0.3) is 5.91 Å². The summed E-state index contributed by atoms with van der Waals surface area (Å²) in [5.74, 6) is 0.508. The number of halogens is 2. The smallest absolute Gasteiger partial charge is 0.253 e. The van der Waals surface area contributed by atoms with Crippen LogP contribution in [-0.4, -0.2) is 41.9 Å². The van der Waals surface area contributed by atoms with Crippen LogP contribution in [-0.2, 0) is 18.6 Å². The van der Waals surface area contributed by atoms with Crippen LogP contribution in [0.4, 0.5) is 4.39 Å². The molecule has 1 saturated heterocycles. The Bertz CT molecular complexity index is 1170. The number of amides is 1. The third-order valence-electron chi connectivity index (χ3n) is 6.37. The van der Waals surface area contributed by atoms with Crippen molar-refractivity contribution in [3.05, 3.63) is 99.8 Å². The second-order valence-electron chi connectivity index (χ2n) is 10.1. The highest BCUT2D eigenvalue weighted by molar-refractivity contribution is 6.31. The van der Waals surface area contributed by atoms with E-state index >= 15 is 0 Å². The number of rotatable bonds is 6. The lowest BCUT2D eigenvalue weighted by atomic mass is 9.87. The van der Waals surface area contributed by atoms with E-state index in [-0.39, 0.29) is 17.1 Å². The van der Waals surface area contributed by atoms with Crippen LogP contribution >= 0.6 is 11.6 Å². The predicted octanol–water partition coefficient (Wildman–Crippen LogP) is 6.31. The fourth-order valence-electron chi connectivity index (χ4n) is 4.19. The van der Waals surface area contributed by atoms with Crippen molar-refractivity contribution in [1.82, 2.24) is 9.80 Å². The van der Waals surface area contributed by atoms with Gasteiger partial charge in [-0.25, -0.2) is 4.39 Å². The van der Waals surface area contributed by atoms with E-state index in [0.717, 1.165) is 30.0 Å². The summed E-state index contributed by atoms with van der Waals surface area (Å²) < 4.78 is 19.3. The van der Waals surface area contributed by atoms with Gasteiger partial charge in [-0.05, 0) is 58.5 Å². The zero-order valence-corrected chi connectivity index (χ0v) is 21.3. The van der Waals surface area contributed by atoms with Gasteiger partial charge >= 0.3 is 0 Å². The van der Waals surface area contributed by atoms with Crippen molar-refractivity contribution in [2.75, 3.05) is 26.2 Å². The van der Waals surface area contributed by atoms with E-state index in [4.69, 9.17) is 16.3 Å². The molecule has 0 N–H and O–H groups in total. The lowest BCUT2D eigenvalue weighted by Gasteiger charge is -2.35. The van der Waals surface area contributed by atoms with Gasteiger partial charge in [-0.3, -0.25) is 9.69 Å². The lowest BCUT2D eigenvalue weighted by molar-refractivity contribution is 0.0628. The van der Waals surface area contributed by atoms with E-state index < -0.39 is 0 Å². The Labute approximate surface area is 212 Å². The second-order valence-corrected chi connectivity index (χ2v) is 10.5. The third kappa shape index (κ3) is 6.62. The van der Waals surface area contributed by atoms with Gasteiger partial charge in [0.1, 0.15) is 18.2 Å². The van der Waals surface area contributed by atoms with Crippen LogP contribution in [0.1, 0.15) is 47.8 Å². The summed E-state index contributed by atoms with van der Waals surface area (Å²) in [6.45, 7) is 10.4. The van der Waals surface area contributed by atoms with Gasteiger partial charge in [0.2, 0.25) is 0 Å². The topological polar surface area (TPSA) is 32.8 Å². The normalized spacial score (nSPS) is 14.7. The molecule has 3 aromatic rings. The van der Waals surface area contributed by atoms with Crippen molar-refractivity contribution in [2.24, 2.45) is 0 Å². The summed E-state index contributed by atoms with van der Waals surface area (Å²) >= 11 is 6.17. The minimum Gasteiger partial charge on any atom is -0.489 e. The molecule has 0 unspecified atom stereocenters. The molecule has 0 spiro atoms. The molecule has 1 aliphatic rings. The molecule has 1 amide bonds. The zero-order valence-electron chi connectivity index (χ0n) is 20.6. The number of ether oxygens (including phenoxy) is 1. The van der Waals surface area contributed by atoms with Crippen LogP contribution in [0.15, 0.2) is 66.7 Å². The van der Waals surface area contributed by atoms with E-state index in [1.165, 1.54) is 17.7 Å². The number of hydrogen-bond donors (Lipinski definition) is 0. The standard InChI is InChI=1S/C29H32ClFN2O2/c1-29(2,3)24-8-11-26(12-9-24)35-20-21-5-4-6-22(17-21)28(34)33-15-13-32(14-16-33)19-23-7-10-25(31)18-27(23)30/h4-12,17-18H,13-16,19-20H2,1-3H3. The highest BCUT2D eigenvalue weighted by Crippen LogP contribution is 2.25. The number of hydrogen-bond acceptors (Lipinski definition) is 3. The van der Waals surface area contributed by atoms with E-state index in [9.17, 15) is 9.18 Å². The maximum absolute atomic E-state index is 13.3. The van der Waals surface area contributed by atoms with Gasteiger partial charge in [-0.1, -0.05) is 62.7 Å². The van der Waals surface area contributed by atoms with Crippen molar-refractivity contribution >= 4 is 17.5 Å². The van der Waals surface area contributed by atoms with Crippen LogP contribution in [0.3, 0.4) is 0 Å². The molecule has 3 aromatic carbocycles. The minimum absolute atomic E-state index is 0.0286. The Morgan fingerprint density at radius 2 is 1.69 bits per heavy atom. The zero-order chi connectivity index (χ0) is 25.0. The van der Waals surface area contributed by atoms with Crippen LogP contribution in [0.5, 0.6) is 5.75 Å². The molecule has 1 heterocycles. The summed E-state index contributed by atoms with van der Waals surface area (Å²) in [7, 11) is 0. The molecule has 0 radical (unpaired) electrons. The molecule has 4 nitrogen and oxygen atoms in total. The van der Waals surface area contributed by atoms with Crippen molar-refractivity contribution in [3.8, 4) is 5.75 Å². The van der Waals surface area contributed by atoms with Crippen molar-refractivity contribution < 1.29 is 13.9 Å². The van der Waals surface area contributed by atoms with Crippen LogP contribution < -0.4 is 4.74 Å². The average molecular weight is 495 g/mol. The largest absolute Gasteiger partial charge is 0.489 e. The van der Waals surface area contributed by atoms with Crippen LogP contribution in [0.2, 0.25) is 5.02 Å². The second kappa shape index (κ2) is 10.8. The van der Waals surface area contributed by atoms with Crippen LogP contribution in [0.25, 0.3) is 0 Å². The summed E-state index contributed by atoms with van der Waals surface area (Å²) in [6.07, 6.45) is 0. The number of carbonyl (C=O) groups excluding carboxylic acids is 1. The molecule has 0 bridgehead atoms. The molecule has 0 atom stereocenters. The molecule has 1 aliphatic heterocycles. The Morgan fingerprint density at radius 1 is 0.971 bits per heavy atom. The monoisotopic (exact) mass is 494 g/mol. The Morgan fingerprint density at radius 3 is 2.34 bits per heavy atom. The first-order valence-corrected chi connectivity index (χ1v) is 12.3. The lowest BCUT2D eigenvalue weighted by Crippen LogP contribution is -2.48. The molecule has 0 saturated carbocycles. The average Bonchev–Trinajstić information content (AvgIpc) is 2.84. The molecule has 35 heavy (non-hydrogen) atoms. The number of nitrogens with zero attached hydrogens (tertiary/aromatic N) is 2. The Hall–Kier alpha value is -2.89. The van der Waals surface area contributed by atoms with Crippen molar-refractivity contribution in [2.45, 2.75) is 39.3 Å². The SMILES string of the molecule is CC(C)(C)c1ccc(OCc2cccc(C(=O)N3CCN(Cc4ccc(F)cc4Cl)CC3)c2)cc1. The molecule has 0 aromatic heterocycles. The van der Waals surface area contributed by atoms with Gasteiger partial charge in [0, 0.05) is 43.3 Å². The van der Waals surface area contributed by atoms with E-state index in [1.54, 1.807) is 6.07 Å². The predicted molar refractivity (Wildman–Crippen MR) is 139 cm³/mol. The van der Waals surface area contributed by atoms with E-state index in [1.807, 2.05) is 41.3 Å². The first kappa shape index (κ1) is 25.2.